The predicted molar refractivity (Wildman–Crippen MR) is 38.5 cm³/mol. The van der Waals surface area contributed by atoms with Gasteiger partial charge in [-0.2, -0.15) is 0 Å². The molecule has 7 nitrogen and oxygen atoms in total. The summed E-state index contributed by atoms with van der Waals surface area (Å²) in [5.41, 5.74) is -0.0720. The van der Waals surface area contributed by atoms with Gasteiger partial charge in [-0.3, -0.25) is 10.1 Å². The molecule has 0 heterocycles. The Morgan fingerprint density at radius 2 is 1.92 bits per heavy atom. The van der Waals surface area contributed by atoms with E-state index in [4.69, 9.17) is 5.26 Å². The molecule has 1 N–H and O–H groups in total. The number of hydrogen-bond donors (Lipinski definition) is 1. The SMILES string of the molecule is O=[N+]([O-])c1ccc(OOOO)cc1. The topological polar surface area (TPSA) is 91.1 Å². The first-order chi connectivity index (χ1) is 6.24. The van der Waals surface area contributed by atoms with Gasteiger partial charge in [-0.15, -0.1) is 0 Å². The maximum Gasteiger partial charge on any atom is 0.269 e. The zero-order chi connectivity index (χ0) is 9.68. The van der Waals surface area contributed by atoms with E-state index >= 15 is 0 Å². The first-order valence-electron chi connectivity index (χ1n) is 3.13. The van der Waals surface area contributed by atoms with Crippen molar-refractivity contribution >= 4 is 5.69 Å². The van der Waals surface area contributed by atoms with Gasteiger partial charge in [-0.05, 0) is 17.2 Å². The van der Waals surface area contributed by atoms with Gasteiger partial charge in [0.05, 0.1) is 4.92 Å². The molecule has 0 saturated heterocycles. The lowest BCUT2D eigenvalue weighted by Crippen LogP contribution is -1.95. The van der Waals surface area contributed by atoms with Crippen molar-refractivity contribution in [2.45, 2.75) is 0 Å². The van der Waals surface area contributed by atoms with Crippen LogP contribution in [0, 0.1) is 10.1 Å². The fraction of sp³-hybridized carbons (Fsp3) is 0. The highest BCUT2D eigenvalue weighted by Crippen LogP contribution is 2.17. The molecular formula is C6H5NO6. The summed E-state index contributed by atoms with van der Waals surface area (Å²) in [6.07, 6.45) is 0. The van der Waals surface area contributed by atoms with E-state index in [-0.39, 0.29) is 11.4 Å². The van der Waals surface area contributed by atoms with Crippen LogP contribution in [0.3, 0.4) is 0 Å². The molecule has 0 aliphatic heterocycles. The molecule has 0 atom stereocenters. The van der Waals surface area contributed by atoms with E-state index in [0.717, 1.165) is 0 Å². The second-order valence-corrected chi connectivity index (χ2v) is 1.98. The van der Waals surface area contributed by atoms with Crippen molar-refractivity contribution in [2.75, 3.05) is 0 Å². The van der Waals surface area contributed by atoms with Crippen molar-refractivity contribution in [2.24, 2.45) is 0 Å². The monoisotopic (exact) mass is 187 g/mol. The molecule has 0 radical (unpaired) electrons. The molecule has 13 heavy (non-hydrogen) atoms. The van der Waals surface area contributed by atoms with E-state index in [2.05, 4.69) is 15.0 Å². The van der Waals surface area contributed by atoms with Crippen LogP contribution in [0.15, 0.2) is 24.3 Å². The maximum absolute atomic E-state index is 10.2. The standard InChI is InChI=1S/C6H5NO6/c8-7(9)5-1-3-6(4-2-5)11-13-12-10/h1-4,10H. The minimum Gasteiger partial charge on any atom is -0.306 e. The Balaban J connectivity index is 2.64. The summed E-state index contributed by atoms with van der Waals surface area (Å²) in [4.78, 5) is 13.9. The second-order valence-electron chi connectivity index (χ2n) is 1.98. The quantitative estimate of drug-likeness (QED) is 0.434. The molecule has 1 aromatic carbocycles. The molecule has 0 bridgehead atoms. The van der Waals surface area contributed by atoms with Crippen LogP contribution >= 0.6 is 0 Å². The summed E-state index contributed by atoms with van der Waals surface area (Å²) in [5, 5.41) is 24.8. The number of non-ortho nitro benzene ring substituents is 1. The first-order valence-corrected chi connectivity index (χ1v) is 3.13. The van der Waals surface area contributed by atoms with Crippen molar-refractivity contribution in [1.29, 1.82) is 0 Å². The highest BCUT2D eigenvalue weighted by atomic mass is 17.6. The van der Waals surface area contributed by atoms with Crippen LogP contribution in [-0.4, -0.2) is 10.2 Å². The van der Waals surface area contributed by atoms with Gasteiger partial charge < -0.3 is 4.89 Å². The summed E-state index contributed by atoms with van der Waals surface area (Å²) in [6.45, 7) is 0. The predicted octanol–water partition coefficient (Wildman–Crippen LogP) is 1.31. The van der Waals surface area contributed by atoms with Gasteiger partial charge in [0.1, 0.15) is 0 Å². The van der Waals surface area contributed by atoms with Crippen molar-refractivity contribution in [3.05, 3.63) is 34.4 Å². The Labute approximate surface area is 72.0 Å². The van der Waals surface area contributed by atoms with E-state index in [1.807, 2.05) is 0 Å². The highest BCUT2D eigenvalue weighted by Gasteiger charge is 2.04. The van der Waals surface area contributed by atoms with E-state index < -0.39 is 4.92 Å². The molecule has 0 aliphatic rings. The molecule has 0 amide bonds. The van der Waals surface area contributed by atoms with Gasteiger partial charge in [0.2, 0.25) is 0 Å². The molecule has 0 unspecified atom stereocenters. The van der Waals surface area contributed by atoms with Crippen LogP contribution in [0.5, 0.6) is 5.75 Å². The third-order valence-corrected chi connectivity index (χ3v) is 1.21. The van der Waals surface area contributed by atoms with E-state index in [1.54, 1.807) is 0 Å². The molecule has 0 aromatic heterocycles. The summed E-state index contributed by atoms with van der Waals surface area (Å²) in [6, 6.07) is 5.01. The summed E-state index contributed by atoms with van der Waals surface area (Å²) in [7, 11) is 0. The average Bonchev–Trinajstić information content (AvgIpc) is 2.15. The average molecular weight is 187 g/mol. The number of benzene rings is 1. The van der Waals surface area contributed by atoms with Crippen molar-refractivity contribution in [3.63, 3.8) is 0 Å². The minimum absolute atomic E-state index is 0.0720. The van der Waals surface area contributed by atoms with Crippen LogP contribution in [-0.2, 0) is 10.1 Å². The van der Waals surface area contributed by atoms with Crippen molar-refractivity contribution in [1.82, 2.24) is 0 Å². The van der Waals surface area contributed by atoms with Crippen LogP contribution < -0.4 is 4.89 Å². The zero-order valence-electron chi connectivity index (χ0n) is 6.25. The maximum atomic E-state index is 10.2. The number of nitrogens with zero attached hydrogens (tertiary/aromatic N) is 1. The third kappa shape index (κ3) is 2.67. The zero-order valence-corrected chi connectivity index (χ0v) is 6.25. The number of nitro benzene ring substituents is 1. The third-order valence-electron chi connectivity index (χ3n) is 1.21. The van der Waals surface area contributed by atoms with Crippen LogP contribution in [0.1, 0.15) is 0 Å². The lowest BCUT2D eigenvalue weighted by Gasteiger charge is -1.97. The number of hydrogen-bond acceptors (Lipinski definition) is 6. The Kier molecular flexibility index (Phi) is 3.15. The van der Waals surface area contributed by atoms with Gasteiger partial charge in [-0.1, -0.05) is 0 Å². The Bertz CT molecular complexity index is 284. The van der Waals surface area contributed by atoms with Gasteiger partial charge in [0.15, 0.2) is 5.75 Å². The normalized spacial score (nSPS) is 9.62. The Hall–Kier alpha value is -1.70. The van der Waals surface area contributed by atoms with Gasteiger partial charge >= 0.3 is 0 Å². The molecule has 1 rings (SSSR count). The number of nitro groups is 1. The molecule has 0 spiro atoms. The molecule has 0 saturated carbocycles. The van der Waals surface area contributed by atoms with Gasteiger partial charge in [0.25, 0.3) is 5.69 Å². The van der Waals surface area contributed by atoms with Gasteiger partial charge in [0, 0.05) is 17.2 Å². The smallest absolute Gasteiger partial charge is 0.269 e. The van der Waals surface area contributed by atoms with E-state index in [9.17, 15) is 10.1 Å². The lowest BCUT2D eigenvalue weighted by molar-refractivity contribution is -0.594. The molecule has 70 valence electrons. The Morgan fingerprint density at radius 1 is 1.31 bits per heavy atom. The fourth-order valence-corrected chi connectivity index (χ4v) is 0.678. The molecule has 1 aromatic rings. The largest absolute Gasteiger partial charge is 0.306 e. The molecular weight excluding hydrogens is 182 g/mol. The highest BCUT2D eigenvalue weighted by molar-refractivity contribution is 5.35. The Morgan fingerprint density at radius 3 is 2.38 bits per heavy atom. The van der Waals surface area contributed by atoms with E-state index in [0.29, 0.717) is 0 Å². The van der Waals surface area contributed by atoms with Crippen molar-refractivity contribution < 1.29 is 25.1 Å². The van der Waals surface area contributed by atoms with Crippen LogP contribution in [0.2, 0.25) is 0 Å². The summed E-state index contributed by atoms with van der Waals surface area (Å²) in [5.74, 6) is 0.166. The number of rotatable bonds is 4. The van der Waals surface area contributed by atoms with E-state index in [1.165, 1.54) is 24.3 Å². The molecule has 7 heteroatoms. The fourth-order valence-electron chi connectivity index (χ4n) is 0.678. The van der Waals surface area contributed by atoms with Gasteiger partial charge in [-0.25, -0.2) is 5.26 Å². The summed E-state index contributed by atoms with van der Waals surface area (Å²) >= 11 is 0. The van der Waals surface area contributed by atoms with Crippen molar-refractivity contribution in [3.8, 4) is 5.75 Å². The summed E-state index contributed by atoms with van der Waals surface area (Å²) < 4.78 is 0. The minimum atomic E-state index is -0.548. The lowest BCUT2D eigenvalue weighted by atomic mass is 10.3. The molecule has 0 aliphatic carbocycles. The molecule has 0 fully saturated rings. The van der Waals surface area contributed by atoms with Crippen LogP contribution in [0.25, 0.3) is 0 Å². The first kappa shape index (κ1) is 9.39. The second kappa shape index (κ2) is 4.36. The van der Waals surface area contributed by atoms with Crippen LogP contribution in [0.4, 0.5) is 5.69 Å².